The van der Waals surface area contributed by atoms with Crippen LogP contribution < -0.4 is 5.73 Å². The lowest BCUT2D eigenvalue weighted by Gasteiger charge is -2.37. The molecule has 0 radical (unpaired) electrons. The van der Waals surface area contributed by atoms with E-state index in [1.54, 1.807) is 0 Å². The molecule has 1 fully saturated rings. The van der Waals surface area contributed by atoms with Crippen LogP contribution in [0, 0.1) is 11.8 Å². The van der Waals surface area contributed by atoms with Gasteiger partial charge in [-0.3, -0.25) is 0 Å². The van der Waals surface area contributed by atoms with E-state index in [0.717, 1.165) is 13.1 Å². The molecule has 2 N–H and O–H groups in total. The first-order valence-corrected chi connectivity index (χ1v) is 6.96. The standard InChI is InChI=1S/C14H26N4/c1-10(2)14(15)13-7-16-9-18(13)12-5-6-17(4)8-11(12)3/h7,9-12,14H,5-6,8,15H2,1-4H3. The Morgan fingerprint density at radius 1 is 1.44 bits per heavy atom. The van der Waals surface area contributed by atoms with Crippen LogP contribution in [0.1, 0.15) is 45.0 Å². The minimum atomic E-state index is 0.0827. The largest absolute Gasteiger partial charge is 0.330 e. The van der Waals surface area contributed by atoms with Crippen molar-refractivity contribution in [2.45, 2.75) is 39.3 Å². The SMILES string of the molecule is CC(C)C(N)c1cncn1C1CCN(C)CC1C. The molecular weight excluding hydrogens is 224 g/mol. The van der Waals surface area contributed by atoms with Gasteiger partial charge in [-0.1, -0.05) is 20.8 Å². The van der Waals surface area contributed by atoms with E-state index in [0.29, 0.717) is 17.9 Å². The quantitative estimate of drug-likeness (QED) is 0.893. The van der Waals surface area contributed by atoms with Crippen LogP contribution in [0.25, 0.3) is 0 Å². The average molecular weight is 250 g/mol. The Kier molecular flexibility index (Phi) is 4.07. The van der Waals surface area contributed by atoms with E-state index in [4.69, 9.17) is 5.73 Å². The van der Waals surface area contributed by atoms with Crippen LogP contribution in [-0.2, 0) is 0 Å². The topological polar surface area (TPSA) is 47.1 Å². The Morgan fingerprint density at radius 3 is 2.78 bits per heavy atom. The second-order valence-corrected chi connectivity index (χ2v) is 6.09. The molecule has 3 unspecified atom stereocenters. The number of hydrogen-bond donors (Lipinski definition) is 1. The molecular formula is C14H26N4. The van der Waals surface area contributed by atoms with Gasteiger partial charge in [0.15, 0.2) is 0 Å². The summed E-state index contributed by atoms with van der Waals surface area (Å²) in [7, 11) is 2.20. The van der Waals surface area contributed by atoms with Gasteiger partial charge in [-0.05, 0) is 31.8 Å². The normalized spacial score (nSPS) is 27.7. The fraction of sp³-hybridized carbons (Fsp3) is 0.786. The Bertz CT molecular complexity index is 385. The van der Waals surface area contributed by atoms with E-state index in [2.05, 4.69) is 42.3 Å². The molecule has 3 atom stereocenters. The Morgan fingerprint density at radius 2 is 2.17 bits per heavy atom. The van der Waals surface area contributed by atoms with Crippen LogP contribution in [0.5, 0.6) is 0 Å². The number of likely N-dealkylation sites (tertiary alicyclic amines) is 1. The van der Waals surface area contributed by atoms with Gasteiger partial charge in [-0.15, -0.1) is 0 Å². The smallest absolute Gasteiger partial charge is 0.0951 e. The van der Waals surface area contributed by atoms with Gasteiger partial charge in [-0.25, -0.2) is 4.98 Å². The molecule has 1 aromatic rings. The molecule has 0 spiro atoms. The lowest BCUT2D eigenvalue weighted by atomic mass is 9.93. The molecule has 102 valence electrons. The molecule has 0 saturated carbocycles. The minimum Gasteiger partial charge on any atom is -0.330 e. The number of piperidine rings is 1. The second-order valence-electron chi connectivity index (χ2n) is 6.09. The molecule has 0 aromatic carbocycles. The fourth-order valence-electron chi connectivity index (χ4n) is 2.95. The number of nitrogens with zero attached hydrogens (tertiary/aromatic N) is 3. The molecule has 0 bridgehead atoms. The van der Waals surface area contributed by atoms with Gasteiger partial charge in [0.05, 0.1) is 12.0 Å². The third-order valence-corrected chi connectivity index (χ3v) is 4.18. The first-order chi connectivity index (χ1) is 8.50. The summed E-state index contributed by atoms with van der Waals surface area (Å²) in [4.78, 5) is 6.73. The highest BCUT2D eigenvalue weighted by Crippen LogP contribution is 2.31. The number of rotatable bonds is 3. The number of aromatic nitrogens is 2. The first kappa shape index (κ1) is 13.6. The lowest BCUT2D eigenvalue weighted by molar-refractivity contribution is 0.155. The summed E-state index contributed by atoms with van der Waals surface area (Å²) < 4.78 is 2.32. The maximum absolute atomic E-state index is 6.29. The summed E-state index contributed by atoms with van der Waals surface area (Å²) in [6.07, 6.45) is 5.09. The summed E-state index contributed by atoms with van der Waals surface area (Å²) in [5.41, 5.74) is 7.48. The van der Waals surface area contributed by atoms with Crippen molar-refractivity contribution in [3.8, 4) is 0 Å². The van der Waals surface area contributed by atoms with Gasteiger partial charge >= 0.3 is 0 Å². The van der Waals surface area contributed by atoms with Gasteiger partial charge in [0.25, 0.3) is 0 Å². The van der Waals surface area contributed by atoms with Gasteiger partial charge in [0.1, 0.15) is 0 Å². The van der Waals surface area contributed by atoms with Gasteiger partial charge in [0.2, 0.25) is 0 Å². The molecule has 0 amide bonds. The highest BCUT2D eigenvalue weighted by atomic mass is 15.2. The predicted octanol–water partition coefficient (Wildman–Crippen LogP) is 2.05. The number of nitrogens with two attached hydrogens (primary N) is 1. The van der Waals surface area contributed by atoms with E-state index >= 15 is 0 Å². The molecule has 4 nitrogen and oxygen atoms in total. The molecule has 1 aliphatic heterocycles. The van der Waals surface area contributed by atoms with Crippen molar-refractivity contribution < 1.29 is 0 Å². The van der Waals surface area contributed by atoms with Crippen LogP contribution >= 0.6 is 0 Å². The monoisotopic (exact) mass is 250 g/mol. The predicted molar refractivity (Wildman–Crippen MR) is 74.3 cm³/mol. The lowest BCUT2D eigenvalue weighted by Crippen LogP contribution is -2.38. The number of imidazole rings is 1. The summed E-state index contributed by atoms with van der Waals surface area (Å²) in [6, 6.07) is 0.628. The molecule has 2 rings (SSSR count). The zero-order chi connectivity index (χ0) is 13.3. The Balaban J connectivity index is 2.21. The molecule has 2 heterocycles. The van der Waals surface area contributed by atoms with Crippen LogP contribution in [-0.4, -0.2) is 34.6 Å². The van der Waals surface area contributed by atoms with E-state index in [1.165, 1.54) is 12.1 Å². The highest BCUT2D eigenvalue weighted by molar-refractivity contribution is 5.08. The first-order valence-electron chi connectivity index (χ1n) is 6.96. The molecule has 1 aromatic heterocycles. The van der Waals surface area contributed by atoms with Crippen molar-refractivity contribution in [1.29, 1.82) is 0 Å². The maximum Gasteiger partial charge on any atom is 0.0951 e. The van der Waals surface area contributed by atoms with E-state index in [1.807, 2.05) is 12.5 Å². The van der Waals surface area contributed by atoms with Crippen LogP contribution in [0.2, 0.25) is 0 Å². The Labute approximate surface area is 110 Å². The van der Waals surface area contributed by atoms with Crippen LogP contribution in [0.15, 0.2) is 12.5 Å². The summed E-state index contributed by atoms with van der Waals surface area (Å²) in [6.45, 7) is 8.97. The third kappa shape index (κ3) is 2.59. The molecule has 0 aliphatic carbocycles. The van der Waals surface area contributed by atoms with Crippen molar-refractivity contribution in [2.75, 3.05) is 20.1 Å². The van der Waals surface area contributed by atoms with E-state index < -0.39 is 0 Å². The summed E-state index contributed by atoms with van der Waals surface area (Å²) in [5.74, 6) is 1.10. The molecule has 4 heteroatoms. The maximum atomic E-state index is 6.29. The highest BCUT2D eigenvalue weighted by Gasteiger charge is 2.28. The fourth-order valence-corrected chi connectivity index (χ4v) is 2.95. The van der Waals surface area contributed by atoms with E-state index in [-0.39, 0.29) is 6.04 Å². The van der Waals surface area contributed by atoms with Crippen LogP contribution in [0.3, 0.4) is 0 Å². The summed E-state index contributed by atoms with van der Waals surface area (Å²) in [5, 5.41) is 0. The number of hydrogen-bond acceptors (Lipinski definition) is 3. The van der Waals surface area contributed by atoms with Crippen LogP contribution in [0.4, 0.5) is 0 Å². The zero-order valence-electron chi connectivity index (χ0n) is 12.0. The van der Waals surface area contributed by atoms with Crippen molar-refractivity contribution in [3.63, 3.8) is 0 Å². The molecule has 1 aliphatic rings. The van der Waals surface area contributed by atoms with Gasteiger partial charge < -0.3 is 15.2 Å². The van der Waals surface area contributed by atoms with Crippen molar-refractivity contribution in [2.24, 2.45) is 17.6 Å². The van der Waals surface area contributed by atoms with Gasteiger partial charge in [-0.2, -0.15) is 0 Å². The Hall–Kier alpha value is -0.870. The molecule has 1 saturated heterocycles. The van der Waals surface area contributed by atoms with Gasteiger partial charge in [0, 0.05) is 24.8 Å². The average Bonchev–Trinajstić information content (AvgIpc) is 2.76. The molecule has 18 heavy (non-hydrogen) atoms. The zero-order valence-corrected chi connectivity index (χ0v) is 12.0. The van der Waals surface area contributed by atoms with E-state index in [9.17, 15) is 0 Å². The minimum absolute atomic E-state index is 0.0827. The summed E-state index contributed by atoms with van der Waals surface area (Å²) >= 11 is 0. The van der Waals surface area contributed by atoms with Crippen molar-refractivity contribution in [3.05, 3.63) is 18.2 Å². The second kappa shape index (κ2) is 5.41. The van der Waals surface area contributed by atoms with Crippen molar-refractivity contribution in [1.82, 2.24) is 14.5 Å². The van der Waals surface area contributed by atoms with Crippen molar-refractivity contribution >= 4 is 0 Å². The third-order valence-electron chi connectivity index (χ3n) is 4.18.